The van der Waals surface area contributed by atoms with Gasteiger partial charge in [0.1, 0.15) is 11.4 Å². The normalized spacial score (nSPS) is 14.4. The molecule has 1 aromatic carbocycles. The van der Waals surface area contributed by atoms with Crippen molar-refractivity contribution in [3.8, 4) is 0 Å². The monoisotopic (exact) mass is 415 g/mol. The topological polar surface area (TPSA) is 59.3 Å². The number of hydrogen-bond donors (Lipinski definition) is 1. The molecule has 0 aliphatic heterocycles. The lowest BCUT2D eigenvalue weighted by molar-refractivity contribution is 0.0931. The second kappa shape index (κ2) is 8.91. The number of nitrogens with one attached hydrogen (secondary N) is 1. The number of carbonyl (C=O) groups is 1. The molecule has 1 N–H and O–H groups in total. The molecular weight excluding hydrogens is 384 g/mol. The van der Waals surface area contributed by atoms with Crippen LogP contribution in [-0.2, 0) is 5.54 Å². The number of rotatable bonds is 6. The molecular formula is C26H31N4O. The Balaban J connectivity index is 1.91. The Morgan fingerprint density at radius 1 is 1.26 bits per heavy atom. The maximum Gasteiger partial charge on any atom is 0.270 e. The molecule has 5 nitrogen and oxygen atoms in total. The zero-order chi connectivity index (χ0) is 22.8. The van der Waals surface area contributed by atoms with Crippen molar-refractivity contribution >= 4 is 17.3 Å². The summed E-state index contributed by atoms with van der Waals surface area (Å²) >= 11 is 0. The Labute approximate surface area is 185 Å². The van der Waals surface area contributed by atoms with Gasteiger partial charge in [-0.05, 0) is 72.2 Å². The first-order chi connectivity index (χ1) is 14.6. The summed E-state index contributed by atoms with van der Waals surface area (Å²) in [7, 11) is 0. The molecule has 2 aromatic rings. The average molecular weight is 416 g/mol. The van der Waals surface area contributed by atoms with Crippen LogP contribution in [0.4, 0.5) is 0 Å². The van der Waals surface area contributed by atoms with Gasteiger partial charge in [-0.3, -0.25) is 9.48 Å². The van der Waals surface area contributed by atoms with E-state index >= 15 is 0 Å². The lowest BCUT2D eigenvalue weighted by atomic mass is 10.1. The van der Waals surface area contributed by atoms with E-state index in [-0.39, 0.29) is 17.5 Å². The molecule has 1 radical (unpaired) electrons. The van der Waals surface area contributed by atoms with E-state index < -0.39 is 0 Å². The fourth-order valence-corrected chi connectivity index (χ4v) is 3.36. The zero-order valence-electron chi connectivity index (χ0n) is 19.4. The minimum Gasteiger partial charge on any atom is -0.343 e. The molecule has 161 valence electrons. The number of aromatic nitrogens is 2. The van der Waals surface area contributed by atoms with Crippen LogP contribution in [0.2, 0.25) is 0 Å². The summed E-state index contributed by atoms with van der Waals surface area (Å²) in [6.07, 6.45) is 5.88. The number of amides is 1. The first kappa shape index (κ1) is 22.5. The average Bonchev–Trinajstić information content (AvgIpc) is 3.44. The molecule has 0 bridgehead atoms. The van der Waals surface area contributed by atoms with Crippen molar-refractivity contribution in [2.24, 2.45) is 4.99 Å². The second-order valence-corrected chi connectivity index (χ2v) is 8.89. The largest absolute Gasteiger partial charge is 0.343 e. The van der Waals surface area contributed by atoms with Crippen LogP contribution < -0.4 is 5.32 Å². The summed E-state index contributed by atoms with van der Waals surface area (Å²) in [6.45, 7) is 13.9. The highest BCUT2D eigenvalue weighted by Gasteiger charge is 2.27. The zero-order valence-corrected chi connectivity index (χ0v) is 19.4. The molecule has 1 aliphatic carbocycles. The summed E-state index contributed by atoms with van der Waals surface area (Å²) in [5.41, 5.74) is 9.09. The predicted octanol–water partition coefficient (Wildman–Crippen LogP) is 5.17. The number of aliphatic imine (C=N–C) groups is 1. The predicted molar refractivity (Wildman–Crippen MR) is 127 cm³/mol. The molecule has 1 unspecified atom stereocenters. The minimum absolute atomic E-state index is 0.163. The highest BCUT2D eigenvalue weighted by Crippen LogP contribution is 2.25. The van der Waals surface area contributed by atoms with Crippen molar-refractivity contribution in [3.05, 3.63) is 82.7 Å². The van der Waals surface area contributed by atoms with Crippen LogP contribution in [0.25, 0.3) is 5.70 Å². The van der Waals surface area contributed by atoms with E-state index in [0.29, 0.717) is 5.69 Å². The van der Waals surface area contributed by atoms with E-state index in [1.165, 1.54) is 0 Å². The lowest BCUT2D eigenvalue weighted by Crippen LogP contribution is -2.40. The molecule has 1 heterocycles. The summed E-state index contributed by atoms with van der Waals surface area (Å²) in [6, 6.07) is 9.73. The van der Waals surface area contributed by atoms with Gasteiger partial charge in [-0.15, -0.1) is 0 Å². The smallest absolute Gasteiger partial charge is 0.270 e. The standard InChI is InChI=1S/C26H31N4O/c1-8-10-22(21-12-9-11-17(2)15-21)28-24(20-13-14-20)19(4)27-25(31)23-16-18(3)29-30(23)26(5,6)7/h8-9,11-16,19H,1-7H3,(H,27,31). The van der Waals surface area contributed by atoms with Crippen molar-refractivity contribution in [1.29, 1.82) is 0 Å². The lowest BCUT2D eigenvalue weighted by Gasteiger charge is -2.23. The van der Waals surface area contributed by atoms with Gasteiger partial charge >= 0.3 is 0 Å². The van der Waals surface area contributed by atoms with Crippen molar-refractivity contribution in [3.63, 3.8) is 0 Å². The quantitative estimate of drug-likeness (QED) is 0.522. The van der Waals surface area contributed by atoms with Crippen molar-refractivity contribution in [2.45, 2.75) is 60.0 Å². The minimum atomic E-state index is -0.291. The van der Waals surface area contributed by atoms with Crippen LogP contribution in [0.3, 0.4) is 0 Å². The molecule has 0 saturated heterocycles. The van der Waals surface area contributed by atoms with Gasteiger partial charge in [0, 0.05) is 12.0 Å². The Bertz CT molecular complexity index is 1120. The molecule has 1 amide bonds. The van der Waals surface area contributed by atoms with Crippen LogP contribution in [0, 0.1) is 20.3 Å². The van der Waals surface area contributed by atoms with Crippen molar-refractivity contribution in [1.82, 2.24) is 15.1 Å². The van der Waals surface area contributed by atoms with E-state index in [2.05, 4.69) is 35.2 Å². The first-order valence-electron chi connectivity index (χ1n) is 10.6. The molecule has 0 fully saturated rings. The van der Waals surface area contributed by atoms with Gasteiger partial charge in [0.2, 0.25) is 0 Å². The Kier molecular flexibility index (Phi) is 6.47. The van der Waals surface area contributed by atoms with E-state index in [1.54, 1.807) is 4.68 Å². The molecule has 31 heavy (non-hydrogen) atoms. The van der Waals surface area contributed by atoms with Gasteiger partial charge in [0.15, 0.2) is 0 Å². The highest BCUT2D eigenvalue weighted by atomic mass is 16.2. The molecule has 1 atom stereocenters. The number of aryl methyl sites for hydroxylation is 2. The van der Waals surface area contributed by atoms with Crippen LogP contribution >= 0.6 is 0 Å². The van der Waals surface area contributed by atoms with Gasteiger partial charge in [-0.1, -0.05) is 35.6 Å². The van der Waals surface area contributed by atoms with Crippen LogP contribution in [-0.4, -0.2) is 27.4 Å². The number of hydrogen-bond acceptors (Lipinski definition) is 3. The Hall–Kier alpha value is -3.17. The number of nitrogens with zero attached hydrogens (tertiary/aromatic N) is 3. The Morgan fingerprint density at radius 3 is 2.55 bits per heavy atom. The van der Waals surface area contributed by atoms with Gasteiger partial charge in [0.05, 0.1) is 23.0 Å². The molecule has 5 heteroatoms. The molecule has 0 saturated carbocycles. The summed E-state index contributed by atoms with van der Waals surface area (Å²) < 4.78 is 1.78. The fourth-order valence-electron chi connectivity index (χ4n) is 3.36. The van der Waals surface area contributed by atoms with E-state index in [0.717, 1.165) is 33.8 Å². The van der Waals surface area contributed by atoms with E-state index in [1.807, 2.05) is 78.3 Å². The van der Waals surface area contributed by atoms with Crippen LogP contribution in [0.15, 0.2) is 58.8 Å². The summed E-state index contributed by atoms with van der Waals surface area (Å²) in [5, 5.41) is 7.62. The van der Waals surface area contributed by atoms with Crippen LogP contribution in [0.5, 0.6) is 0 Å². The summed E-state index contributed by atoms with van der Waals surface area (Å²) in [5.74, 6) is -0.163. The van der Waals surface area contributed by atoms with Gasteiger partial charge < -0.3 is 5.32 Å². The SMILES string of the molecule is CC=C=C(N=C(C1=C[CH]1)C(C)NC(=O)c1cc(C)nn1C(C)(C)C)c1cccc(C)c1. The third-order valence-electron chi connectivity index (χ3n) is 4.89. The summed E-state index contributed by atoms with van der Waals surface area (Å²) in [4.78, 5) is 18.0. The molecule has 1 aliphatic rings. The van der Waals surface area contributed by atoms with Crippen LogP contribution in [0.1, 0.15) is 61.9 Å². The fraction of sp³-hybridized carbons (Fsp3) is 0.346. The Morgan fingerprint density at radius 2 is 1.97 bits per heavy atom. The second-order valence-electron chi connectivity index (χ2n) is 8.89. The maximum absolute atomic E-state index is 13.1. The first-order valence-corrected chi connectivity index (χ1v) is 10.6. The molecule has 0 spiro atoms. The van der Waals surface area contributed by atoms with E-state index in [4.69, 9.17) is 4.99 Å². The van der Waals surface area contributed by atoms with Crippen molar-refractivity contribution < 1.29 is 4.79 Å². The third-order valence-corrected chi connectivity index (χ3v) is 4.89. The van der Waals surface area contributed by atoms with Gasteiger partial charge in [-0.2, -0.15) is 5.10 Å². The van der Waals surface area contributed by atoms with E-state index in [9.17, 15) is 4.79 Å². The highest BCUT2D eigenvalue weighted by molar-refractivity contribution is 6.13. The maximum atomic E-state index is 13.1. The molecule has 1 aromatic heterocycles. The number of allylic oxidation sites excluding steroid dienone is 2. The van der Waals surface area contributed by atoms with Crippen molar-refractivity contribution in [2.75, 3.05) is 0 Å². The third kappa shape index (κ3) is 5.50. The molecule has 3 rings (SSSR count). The van der Waals surface area contributed by atoms with Gasteiger partial charge in [0.25, 0.3) is 5.91 Å². The number of carbonyl (C=O) groups excluding carboxylic acids is 1. The number of benzene rings is 1. The van der Waals surface area contributed by atoms with Gasteiger partial charge in [-0.25, -0.2) is 4.99 Å².